The summed E-state index contributed by atoms with van der Waals surface area (Å²) < 4.78 is 7.05. The van der Waals surface area contributed by atoms with Gasteiger partial charge in [0.2, 0.25) is 0 Å². The van der Waals surface area contributed by atoms with E-state index in [9.17, 15) is 0 Å². The normalized spacial score (nSPS) is 11.0. The third-order valence-corrected chi connectivity index (χ3v) is 4.38. The number of hydrogen-bond donors (Lipinski definition) is 0. The molecule has 0 aliphatic carbocycles. The van der Waals surface area contributed by atoms with Gasteiger partial charge in [0, 0.05) is 42.5 Å². The zero-order chi connectivity index (χ0) is 17.2. The Hall–Kier alpha value is -3.14. The summed E-state index contributed by atoms with van der Waals surface area (Å²) in [4.78, 5) is 4.63. The molecule has 2 heterocycles. The Morgan fingerprint density at radius 3 is 2.60 bits per heavy atom. The average molecular weight is 329 g/mol. The Balaban J connectivity index is 1.73. The van der Waals surface area contributed by atoms with E-state index in [1.807, 2.05) is 42.5 Å². The van der Waals surface area contributed by atoms with Crippen molar-refractivity contribution in [3.8, 4) is 16.9 Å². The maximum Gasteiger partial charge on any atom is 0.118 e. The average Bonchev–Trinajstić information content (AvgIpc) is 3.08. The van der Waals surface area contributed by atoms with Crippen LogP contribution in [-0.2, 0) is 13.5 Å². The van der Waals surface area contributed by atoms with E-state index in [0.717, 1.165) is 28.8 Å². The summed E-state index contributed by atoms with van der Waals surface area (Å²) in [5.41, 5.74) is 4.57. The first-order valence-corrected chi connectivity index (χ1v) is 8.22. The number of hydrogen-bond acceptors (Lipinski definition) is 3. The molecule has 4 heteroatoms. The second-order valence-electron chi connectivity index (χ2n) is 6.13. The Labute approximate surface area is 146 Å². The first kappa shape index (κ1) is 15.4. The maximum absolute atomic E-state index is 5.22. The van der Waals surface area contributed by atoms with Gasteiger partial charge in [0.1, 0.15) is 5.75 Å². The van der Waals surface area contributed by atoms with Crippen LogP contribution in [0.15, 0.2) is 67.1 Å². The molecule has 4 rings (SSSR count). The number of aromatic nitrogens is 3. The van der Waals surface area contributed by atoms with Crippen LogP contribution in [-0.4, -0.2) is 21.9 Å². The molecular formula is C21H19N3O. The number of benzene rings is 2. The molecule has 4 nitrogen and oxygen atoms in total. The van der Waals surface area contributed by atoms with Gasteiger partial charge < -0.3 is 4.74 Å². The van der Waals surface area contributed by atoms with E-state index in [1.54, 1.807) is 7.11 Å². The van der Waals surface area contributed by atoms with E-state index < -0.39 is 0 Å². The number of fused-ring (bicyclic) bond motifs is 1. The fourth-order valence-corrected chi connectivity index (χ4v) is 3.07. The lowest BCUT2D eigenvalue weighted by Crippen LogP contribution is -1.93. The molecule has 124 valence electrons. The van der Waals surface area contributed by atoms with Crippen molar-refractivity contribution in [2.75, 3.05) is 7.11 Å². The van der Waals surface area contributed by atoms with Gasteiger partial charge in [-0.3, -0.25) is 9.67 Å². The summed E-state index contributed by atoms with van der Waals surface area (Å²) in [6.07, 6.45) is 6.69. The van der Waals surface area contributed by atoms with Crippen molar-refractivity contribution in [3.05, 3.63) is 78.4 Å². The molecule has 0 saturated heterocycles. The van der Waals surface area contributed by atoms with E-state index in [-0.39, 0.29) is 0 Å². The van der Waals surface area contributed by atoms with Gasteiger partial charge in [-0.15, -0.1) is 0 Å². The van der Waals surface area contributed by atoms with Gasteiger partial charge in [0.25, 0.3) is 0 Å². The van der Waals surface area contributed by atoms with Gasteiger partial charge >= 0.3 is 0 Å². The van der Waals surface area contributed by atoms with Crippen LogP contribution in [0.5, 0.6) is 5.75 Å². The maximum atomic E-state index is 5.22. The first-order chi connectivity index (χ1) is 12.2. The molecule has 0 saturated carbocycles. The first-order valence-electron chi connectivity index (χ1n) is 8.22. The van der Waals surface area contributed by atoms with Crippen molar-refractivity contribution in [3.63, 3.8) is 0 Å². The molecule has 0 fully saturated rings. The number of ether oxygens (including phenoxy) is 1. The Kier molecular flexibility index (Phi) is 3.94. The zero-order valence-corrected chi connectivity index (χ0v) is 14.3. The number of methoxy groups -OCH3 is 1. The SMILES string of the molecule is COc1ccc(Cc2cc3c(-c4cnn(C)c4)cccc3cn2)cc1. The fourth-order valence-electron chi connectivity index (χ4n) is 3.07. The molecule has 0 atom stereocenters. The van der Waals surface area contributed by atoms with Gasteiger partial charge in [0.15, 0.2) is 0 Å². The van der Waals surface area contributed by atoms with Gasteiger partial charge in [-0.05, 0) is 34.7 Å². The van der Waals surface area contributed by atoms with E-state index in [1.165, 1.54) is 16.5 Å². The number of rotatable bonds is 4. The standard InChI is InChI=1S/C21H19N3O/c1-24-14-17(13-23-24)20-5-3-4-16-12-22-18(11-21(16)20)10-15-6-8-19(25-2)9-7-15/h3-9,11-14H,10H2,1-2H3. The Morgan fingerprint density at radius 2 is 1.88 bits per heavy atom. The van der Waals surface area contributed by atoms with E-state index in [0.29, 0.717) is 0 Å². The van der Waals surface area contributed by atoms with Crippen molar-refractivity contribution < 1.29 is 4.74 Å². The smallest absolute Gasteiger partial charge is 0.118 e. The highest BCUT2D eigenvalue weighted by Crippen LogP contribution is 2.29. The van der Waals surface area contributed by atoms with Gasteiger partial charge in [-0.25, -0.2) is 0 Å². The summed E-state index contributed by atoms with van der Waals surface area (Å²) in [6.45, 7) is 0. The van der Waals surface area contributed by atoms with Crippen molar-refractivity contribution in [1.29, 1.82) is 0 Å². The summed E-state index contributed by atoms with van der Waals surface area (Å²) in [5.74, 6) is 0.870. The summed E-state index contributed by atoms with van der Waals surface area (Å²) in [6, 6.07) is 16.6. The monoisotopic (exact) mass is 329 g/mol. The topological polar surface area (TPSA) is 39.9 Å². The molecule has 4 aromatic rings. The Bertz CT molecular complexity index is 1020. The van der Waals surface area contributed by atoms with Gasteiger partial charge in [-0.1, -0.05) is 30.3 Å². The zero-order valence-electron chi connectivity index (χ0n) is 14.3. The molecule has 0 spiro atoms. The quantitative estimate of drug-likeness (QED) is 0.562. The largest absolute Gasteiger partial charge is 0.497 e. The molecular weight excluding hydrogens is 310 g/mol. The lowest BCUT2D eigenvalue weighted by molar-refractivity contribution is 0.414. The summed E-state index contributed by atoms with van der Waals surface area (Å²) in [5, 5.41) is 6.64. The lowest BCUT2D eigenvalue weighted by Gasteiger charge is -2.08. The van der Waals surface area contributed by atoms with Gasteiger partial charge in [0.05, 0.1) is 13.3 Å². The van der Waals surface area contributed by atoms with Crippen molar-refractivity contribution in [2.24, 2.45) is 7.05 Å². The van der Waals surface area contributed by atoms with Crippen LogP contribution < -0.4 is 4.74 Å². The summed E-state index contributed by atoms with van der Waals surface area (Å²) >= 11 is 0. The number of nitrogens with zero attached hydrogens (tertiary/aromatic N) is 3. The highest BCUT2D eigenvalue weighted by molar-refractivity contribution is 5.96. The van der Waals surface area contributed by atoms with E-state index in [2.05, 4.69) is 46.5 Å². The van der Waals surface area contributed by atoms with Crippen molar-refractivity contribution in [2.45, 2.75) is 6.42 Å². The molecule has 0 aliphatic rings. The molecule has 2 aromatic carbocycles. The van der Waals surface area contributed by atoms with Crippen molar-refractivity contribution >= 4 is 10.8 Å². The van der Waals surface area contributed by atoms with Crippen LogP contribution in [0.1, 0.15) is 11.3 Å². The van der Waals surface area contributed by atoms with Gasteiger partial charge in [-0.2, -0.15) is 5.10 Å². The minimum absolute atomic E-state index is 0.793. The molecule has 0 bridgehead atoms. The number of pyridine rings is 1. The molecule has 25 heavy (non-hydrogen) atoms. The molecule has 0 radical (unpaired) electrons. The third-order valence-electron chi connectivity index (χ3n) is 4.38. The third kappa shape index (κ3) is 3.11. The second kappa shape index (κ2) is 6.40. The second-order valence-corrected chi connectivity index (χ2v) is 6.13. The van der Waals surface area contributed by atoms with E-state index >= 15 is 0 Å². The fraction of sp³-hybridized carbons (Fsp3) is 0.143. The predicted molar refractivity (Wildman–Crippen MR) is 99.7 cm³/mol. The molecule has 0 aliphatic heterocycles. The van der Waals surface area contributed by atoms with Crippen LogP contribution in [0.25, 0.3) is 21.9 Å². The van der Waals surface area contributed by atoms with Crippen LogP contribution in [0.2, 0.25) is 0 Å². The Morgan fingerprint density at radius 1 is 1.04 bits per heavy atom. The predicted octanol–water partition coefficient (Wildman–Crippen LogP) is 4.23. The van der Waals surface area contributed by atoms with Crippen LogP contribution in [0.3, 0.4) is 0 Å². The van der Waals surface area contributed by atoms with Crippen LogP contribution >= 0.6 is 0 Å². The summed E-state index contributed by atoms with van der Waals surface area (Å²) in [7, 11) is 3.62. The molecule has 2 aromatic heterocycles. The highest BCUT2D eigenvalue weighted by Gasteiger charge is 2.08. The molecule has 0 unspecified atom stereocenters. The van der Waals surface area contributed by atoms with Crippen molar-refractivity contribution in [1.82, 2.24) is 14.8 Å². The minimum Gasteiger partial charge on any atom is -0.497 e. The lowest BCUT2D eigenvalue weighted by atomic mass is 10.00. The molecule has 0 amide bonds. The van der Waals surface area contributed by atoms with E-state index in [4.69, 9.17) is 4.74 Å². The molecule has 0 N–H and O–H groups in total. The van der Waals surface area contributed by atoms with Crippen LogP contribution in [0.4, 0.5) is 0 Å². The van der Waals surface area contributed by atoms with Crippen LogP contribution in [0, 0.1) is 0 Å². The minimum atomic E-state index is 0.793. The number of aryl methyl sites for hydroxylation is 1. The highest BCUT2D eigenvalue weighted by atomic mass is 16.5.